The zero-order valence-electron chi connectivity index (χ0n) is 10.5. The molecule has 0 aromatic rings. The smallest absolute Gasteiger partial charge is 0.213 e. The molecule has 0 saturated carbocycles. The van der Waals surface area contributed by atoms with Crippen molar-refractivity contribution in [2.24, 2.45) is 4.99 Å². The molecule has 0 amide bonds. The third-order valence-corrected chi connectivity index (χ3v) is 2.02. The second-order valence-electron chi connectivity index (χ2n) is 4.13. The molecule has 0 bridgehead atoms. The quantitative estimate of drug-likeness (QED) is 0.548. The van der Waals surface area contributed by atoms with E-state index in [2.05, 4.69) is 10.3 Å². The van der Waals surface area contributed by atoms with Gasteiger partial charge in [-0.05, 0) is 27.7 Å². The minimum absolute atomic E-state index is 0.230. The van der Waals surface area contributed by atoms with Gasteiger partial charge in [-0.1, -0.05) is 0 Å². The van der Waals surface area contributed by atoms with Crippen LogP contribution in [-0.4, -0.2) is 37.3 Å². The molecule has 0 spiro atoms. The summed E-state index contributed by atoms with van der Waals surface area (Å²) in [5, 5.41) is 12.6. The molecule has 88 valence electrons. The first-order valence-corrected chi connectivity index (χ1v) is 4.99. The minimum Gasteiger partial charge on any atom is -0.475 e. The molecule has 15 heavy (non-hydrogen) atoms. The summed E-state index contributed by atoms with van der Waals surface area (Å²) < 4.78 is 5.44. The van der Waals surface area contributed by atoms with Crippen LogP contribution in [0.15, 0.2) is 16.3 Å². The van der Waals surface area contributed by atoms with Crippen LogP contribution in [0.2, 0.25) is 0 Å². The van der Waals surface area contributed by atoms with Crippen molar-refractivity contribution >= 4 is 5.90 Å². The van der Waals surface area contributed by atoms with Gasteiger partial charge in [0.25, 0.3) is 0 Å². The van der Waals surface area contributed by atoms with Gasteiger partial charge in [-0.15, -0.1) is 0 Å². The molecular weight excluding hydrogens is 192 g/mol. The molecule has 0 aliphatic rings. The summed E-state index contributed by atoms with van der Waals surface area (Å²) in [5.41, 5.74) is 1.11. The van der Waals surface area contributed by atoms with Gasteiger partial charge in [-0.3, -0.25) is 4.99 Å². The van der Waals surface area contributed by atoms with Crippen molar-refractivity contribution < 1.29 is 9.84 Å². The molecule has 0 aliphatic heterocycles. The van der Waals surface area contributed by atoms with Gasteiger partial charge in [-0.2, -0.15) is 0 Å². The van der Waals surface area contributed by atoms with Crippen molar-refractivity contribution in [3.8, 4) is 0 Å². The first-order valence-electron chi connectivity index (χ1n) is 4.99. The lowest BCUT2D eigenvalue weighted by Crippen LogP contribution is -2.28. The molecule has 0 atom stereocenters. The molecule has 0 aliphatic carbocycles. The number of rotatable bonds is 4. The fourth-order valence-corrected chi connectivity index (χ4v) is 0.933. The van der Waals surface area contributed by atoms with Crippen LogP contribution in [0.1, 0.15) is 27.7 Å². The highest BCUT2D eigenvalue weighted by atomic mass is 16.5. The molecule has 0 radical (unpaired) electrons. The minimum atomic E-state index is -0.843. The molecular formula is C11H22N2O2. The Hall–Kier alpha value is -1.03. The molecule has 0 unspecified atom stereocenters. The van der Waals surface area contributed by atoms with Crippen molar-refractivity contribution in [2.45, 2.75) is 33.3 Å². The average Bonchev–Trinajstić information content (AvgIpc) is 2.15. The summed E-state index contributed by atoms with van der Waals surface area (Å²) in [5.74, 6) is 0.559. The summed E-state index contributed by atoms with van der Waals surface area (Å²) >= 11 is 0. The zero-order valence-corrected chi connectivity index (χ0v) is 10.5. The van der Waals surface area contributed by atoms with Crippen molar-refractivity contribution in [1.29, 1.82) is 0 Å². The van der Waals surface area contributed by atoms with Crippen LogP contribution in [0, 0.1) is 0 Å². The number of hydrogen-bond acceptors (Lipinski definition) is 4. The van der Waals surface area contributed by atoms with Crippen molar-refractivity contribution in [3.05, 3.63) is 11.3 Å². The molecule has 0 heterocycles. The highest BCUT2D eigenvalue weighted by molar-refractivity contribution is 5.93. The Bertz CT molecular complexity index is 262. The van der Waals surface area contributed by atoms with E-state index < -0.39 is 5.60 Å². The number of hydrogen-bond donors (Lipinski definition) is 2. The largest absolute Gasteiger partial charge is 0.475 e. The summed E-state index contributed by atoms with van der Waals surface area (Å²) in [6.07, 6.45) is 0. The predicted octanol–water partition coefficient (Wildman–Crippen LogP) is 1.32. The van der Waals surface area contributed by atoms with E-state index in [1.165, 1.54) is 0 Å². The van der Waals surface area contributed by atoms with Crippen LogP contribution >= 0.6 is 0 Å². The first-order chi connectivity index (χ1) is 6.81. The standard InChI is InChI=1S/C11H22N2O2/c1-8(9(2)12-5)10(13-6)15-7-11(3,4)14/h12,14H,7H2,1-6H3/b9-8+,13-10?. The van der Waals surface area contributed by atoms with Crippen molar-refractivity contribution in [2.75, 3.05) is 20.7 Å². The highest BCUT2D eigenvalue weighted by Crippen LogP contribution is 2.08. The summed E-state index contributed by atoms with van der Waals surface area (Å²) in [7, 11) is 3.52. The molecule has 0 rings (SSSR count). The van der Waals surface area contributed by atoms with Crippen molar-refractivity contribution in [1.82, 2.24) is 5.32 Å². The van der Waals surface area contributed by atoms with E-state index in [0.717, 1.165) is 11.3 Å². The van der Waals surface area contributed by atoms with E-state index in [0.29, 0.717) is 5.90 Å². The third kappa shape index (κ3) is 5.42. The predicted molar refractivity (Wildman–Crippen MR) is 63.0 cm³/mol. The van der Waals surface area contributed by atoms with E-state index in [4.69, 9.17) is 4.74 Å². The third-order valence-electron chi connectivity index (χ3n) is 2.02. The lowest BCUT2D eigenvalue weighted by Gasteiger charge is -2.19. The van der Waals surface area contributed by atoms with Gasteiger partial charge in [0.15, 0.2) is 0 Å². The Labute approximate surface area is 92.1 Å². The van der Waals surface area contributed by atoms with Crippen LogP contribution in [0.25, 0.3) is 0 Å². The zero-order chi connectivity index (χ0) is 12.1. The fraction of sp³-hybridized carbons (Fsp3) is 0.727. The Morgan fingerprint density at radius 3 is 2.27 bits per heavy atom. The van der Waals surface area contributed by atoms with E-state index >= 15 is 0 Å². The normalized spacial score (nSPS) is 14.7. The molecule has 0 aromatic carbocycles. The van der Waals surface area contributed by atoms with Gasteiger partial charge in [0.05, 0.1) is 5.60 Å². The Morgan fingerprint density at radius 1 is 1.40 bits per heavy atom. The molecule has 2 N–H and O–H groups in total. The van der Waals surface area contributed by atoms with Gasteiger partial charge in [0, 0.05) is 25.4 Å². The molecule has 0 fully saturated rings. The van der Waals surface area contributed by atoms with E-state index in [1.807, 2.05) is 20.9 Å². The summed E-state index contributed by atoms with van der Waals surface area (Å²) in [6, 6.07) is 0. The monoisotopic (exact) mass is 214 g/mol. The number of aliphatic hydroxyl groups is 1. The molecule has 0 saturated heterocycles. The second-order valence-corrected chi connectivity index (χ2v) is 4.13. The lowest BCUT2D eigenvalue weighted by atomic mass is 10.1. The van der Waals surface area contributed by atoms with Gasteiger partial charge in [0.1, 0.15) is 6.61 Å². The first kappa shape index (κ1) is 14.0. The van der Waals surface area contributed by atoms with Crippen molar-refractivity contribution in [3.63, 3.8) is 0 Å². The topological polar surface area (TPSA) is 53.9 Å². The highest BCUT2D eigenvalue weighted by Gasteiger charge is 2.15. The SMILES string of the molecule is CN=C(OCC(C)(C)O)/C(C)=C(\C)NC. The lowest BCUT2D eigenvalue weighted by molar-refractivity contribution is 0.0239. The fourth-order valence-electron chi connectivity index (χ4n) is 0.933. The van der Waals surface area contributed by atoms with Crippen LogP contribution < -0.4 is 5.32 Å². The van der Waals surface area contributed by atoms with E-state index in [1.54, 1.807) is 20.9 Å². The number of nitrogens with one attached hydrogen (secondary N) is 1. The van der Waals surface area contributed by atoms with Crippen LogP contribution in [0.4, 0.5) is 0 Å². The van der Waals surface area contributed by atoms with Gasteiger partial charge in [0.2, 0.25) is 5.90 Å². The number of allylic oxidation sites excluding steroid dienone is 1. The van der Waals surface area contributed by atoms with Crippen LogP contribution in [0.5, 0.6) is 0 Å². The molecule has 0 aromatic heterocycles. The number of aliphatic imine (C=N–C) groups is 1. The molecule has 4 heteroatoms. The van der Waals surface area contributed by atoms with E-state index in [9.17, 15) is 5.11 Å². The average molecular weight is 214 g/mol. The summed E-state index contributed by atoms with van der Waals surface area (Å²) in [6.45, 7) is 7.51. The van der Waals surface area contributed by atoms with Crippen LogP contribution in [0.3, 0.4) is 0 Å². The van der Waals surface area contributed by atoms with Gasteiger partial charge < -0.3 is 15.2 Å². The van der Waals surface area contributed by atoms with Gasteiger partial charge in [-0.25, -0.2) is 0 Å². The number of ether oxygens (including phenoxy) is 1. The maximum atomic E-state index is 9.53. The Kier molecular flexibility index (Phi) is 5.36. The maximum absolute atomic E-state index is 9.53. The summed E-state index contributed by atoms with van der Waals surface area (Å²) in [4.78, 5) is 4.05. The van der Waals surface area contributed by atoms with Crippen LogP contribution in [-0.2, 0) is 4.74 Å². The maximum Gasteiger partial charge on any atom is 0.213 e. The van der Waals surface area contributed by atoms with Gasteiger partial charge >= 0.3 is 0 Å². The Morgan fingerprint density at radius 2 is 1.93 bits per heavy atom. The van der Waals surface area contributed by atoms with E-state index in [-0.39, 0.29) is 6.61 Å². The number of nitrogens with zero attached hydrogens (tertiary/aromatic N) is 1. The Balaban J connectivity index is 4.55. The second kappa shape index (κ2) is 5.75. The molecule has 4 nitrogen and oxygen atoms in total.